The minimum atomic E-state index is -0.733. The van der Waals surface area contributed by atoms with Crippen molar-refractivity contribution in [1.29, 1.82) is 0 Å². The molecule has 0 bridgehead atoms. The third-order valence-electron chi connectivity index (χ3n) is 5.00. The highest BCUT2D eigenvalue weighted by Gasteiger charge is 2.18. The summed E-state index contributed by atoms with van der Waals surface area (Å²) in [6.07, 6.45) is 0. The van der Waals surface area contributed by atoms with E-state index in [0.29, 0.717) is 22.4 Å². The molecule has 0 atom stereocenters. The van der Waals surface area contributed by atoms with E-state index >= 15 is 4.39 Å². The van der Waals surface area contributed by atoms with Gasteiger partial charge < -0.3 is 18.9 Å². The van der Waals surface area contributed by atoms with E-state index in [-0.39, 0.29) is 40.4 Å². The molecule has 0 fully saturated rings. The first-order valence-corrected chi connectivity index (χ1v) is 10.6. The van der Waals surface area contributed by atoms with Crippen molar-refractivity contribution in [2.75, 3.05) is 7.11 Å². The molecule has 0 spiro atoms. The Morgan fingerprint density at radius 1 is 0.750 bits per heavy atom. The fourth-order valence-corrected chi connectivity index (χ4v) is 3.14. The smallest absolute Gasteiger partial charge is 0.338 e. The van der Waals surface area contributed by atoms with Gasteiger partial charge in [0.25, 0.3) is 6.47 Å². The largest absolute Gasteiger partial charge is 0.493 e. The summed E-state index contributed by atoms with van der Waals surface area (Å²) in [6.45, 7) is 10.3. The minimum Gasteiger partial charge on any atom is -0.493 e. The van der Waals surface area contributed by atoms with Crippen LogP contribution in [0.15, 0.2) is 78.9 Å². The summed E-state index contributed by atoms with van der Waals surface area (Å²) in [4.78, 5) is 34.9. The Morgan fingerprint density at radius 2 is 1.28 bits per heavy atom. The van der Waals surface area contributed by atoms with Crippen molar-refractivity contribution in [3.8, 4) is 45.3 Å². The Hall–Kier alpha value is -4.72. The maximum Gasteiger partial charge on any atom is 0.338 e. The van der Waals surface area contributed by atoms with Crippen molar-refractivity contribution in [2.24, 2.45) is 0 Å². The summed E-state index contributed by atoms with van der Waals surface area (Å²) in [7, 11) is 1.44. The maximum atomic E-state index is 15.2. The molecule has 0 aliphatic heterocycles. The van der Waals surface area contributed by atoms with Crippen LogP contribution in [0.5, 0.6) is 23.0 Å². The molecule has 0 saturated heterocycles. The van der Waals surface area contributed by atoms with E-state index in [1.165, 1.54) is 45.2 Å². The molecule has 0 saturated carbocycles. The van der Waals surface area contributed by atoms with E-state index in [2.05, 4.69) is 13.2 Å². The number of benzene rings is 3. The molecule has 8 heteroatoms. The van der Waals surface area contributed by atoms with Crippen LogP contribution in [-0.4, -0.2) is 25.5 Å². The van der Waals surface area contributed by atoms with Crippen molar-refractivity contribution in [3.05, 3.63) is 84.7 Å². The highest BCUT2D eigenvalue weighted by Crippen LogP contribution is 2.37. The molecule has 3 aromatic rings. The second kappa shape index (κ2) is 11.1. The van der Waals surface area contributed by atoms with Gasteiger partial charge in [-0.3, -0.25) is 4.79 Å². The molecule has 3 aromatic carbocycles. The molecule has 0 amide bonds. The zero-order valence-corrected chi connectivity index (χ0v) is 19.9. The molecule has 0 heterocycles. The first-order chi connectivity index (χ1) is 17.1. The topological polar surface area (TPSA) is 88.1 Å². The normalized spacial score (nSPS) is 10.2. The zero-order valence-electron chi connectivity index (χ0n) is 19.9. The van der Waals surface area contributed by atoms with Crippen LogP contribution < -0.4 is 18.9 Å². The quantitative estimate of drug-likeness (QED) is 0.165. The van der Waals surface area contributed by atoms with Gasteiger partial charge in [0.15, 0.2) is 23.0 Å². The predicted octanol–water partition coefficient (Wildman–Crippen LogP) is 5.67. The van der Waals surface area contributed by atoms with E-state index in [1.54, 1.807) is 30.3 Å². The Bertz CT molecular complexity index is 1370. The number of carbonyl (C=O) groups is 3. The van der Waals surface area contributed by atoms with E-state index in [9.17, 15) is 14.4 Å². The first kappa shape index (κ1) is 25.9. The van der Waals surface area contributed by atoms with Crippen LogP contribution in [0.3, 0.4) is 0 Å². The lowest BCUT2D eigenvalue weighted by atomic mass is 9.99. The number of carbonyl (C=O) groups excluding carboxylic acids is 3. The molecule has 0 aliphatic rings. The lowest BCUT2D eigenvalue weighted by molar-refractivity contribution is -0.132. The average molecular weight is 490 g/mol. The molecule has 184 valence electrons. The van der Waals surface area contributed by atoms with Gasteiger partial charge in [-0.25, -0.2) is 14.0 Å². The molecule has 0 N–H and O–H groups in total. The summed E-state index contributed by atoms with van der Waals surface area (Å²) in [5.74, 6) is -1.56. The number of hydrogen-bond donors (Lipinski definition) is 0. The maximum absolute atomic E-state index is 15.2. The van der Waals surface area contributed by atoms with Gasteiger partial charge in [0, 0.05) is 16.7 Å². The van der Waals surface area contributed by atoms with E-state index < -0.39 is 17.8 Å². The highest BCUT2D eigenvalue weighted by molar-refractivity contribution is 5.91. The summed E-state index contributed by atoms with van der Waals surface area (Å²) < 4.78 is 35.9. The molecule has 3 rings (SSSR count). The summed E-state index contributed by atoms with van der Waals surface area (Å²) in [5, 5.41) is 0. The second-order valence-electron chi connectivity index (χ2n) is 7.78. The summed E-state index contributed by atoms with van der Waals surface area (Å²) >= 11 is 0. The van der Waals surface area contributed by atoms with Gasteiger partial charge in [0.1, 0.15) is 5.82 Å². The number of rotatable bonds is 9. The average Bonchev–Trinajstić information content (AvgIpc) is 2.85. The fraction of sp³-hybridized carbons (Fsp3) is 0.107. The van der Waals surface area contributed by atoms with Crippen LogP contribution in [0, 0.1) is 5.82 Å². The van der Waals surface area contributed by atoms with Crippen molar-refractivity contribution in [3.63, 3.8) is 0 Å². The molecule has 36 heavy (non-hydrogen) atoms. The molecule has 0 aliphatic carbocycles. The Morgan fingerprint density at radius 3 is 1.86 bits per heavy atom. The van der Waals surface area contributed by atoms with Crippen molar-refractivity contribution >= 4 is 18.4 Å². The lowest BCUT2D eigenvalue weighted by Crippen LogP contribution is -2.12. The van der Waals surface area contributed by atoms with Crippen LogP contribution in [0.2, 0.25) is 0 Å². The highest BCUT2D eigenvalue weighted by atomic mass is 19.1. The Labute approximate surface area is 207 Å². The standard InChI is InChI=1S/C28H23FO7/c1-16(2)27(31)35-24-11-8-20(14-26(24)36-28(32)17(3)4)21-9-6-18(12-22(21)29)19-7-10-23(33-5)25(13-19)34-15-30/h6-15H,1,3H2,2,4-5H3. The molecule has 7 nitrogen and oxygen atoms in total. The third-order valence-corrected chi connectivity index (χ3v) is 5.00. The van der Waals surface area contributed by atoms with Gasteiger partial charge in [-0.1, -0.05) is 37.4 Å². The third kappa shape index (κ3) is 5.85. The summed E-state index contributed by atoms with van der Waals surface area (Å²) in [6, 6.07) is 13.7. The van der Waals surface area contributed by atoms with E-state index in [1.807, 2.05) is 0 Å². The van der Waals surface area contributed by atoms with Gasteiger partial charge >= 0.3 is 11.9 Å². The molecule has 0 aromatic heterocycles. The lowest BCUT2D eigenvalue weighted by Gasteiger charge is -2.14. The van der Waals surface area contributed by atoms with Crippen LogP contribution in [0.4, 0.5) is 4.39 Å². The van der Waals surface area contributed by atoms with Crippen LogP contribution in [0.1, 0.15) is 13.8 Å². The second-order valence-corrected chi connectivity index (χ2v) is 7.78. The van der Waals surface area contributed by atoms with Crippen molar-refractivity contribution in [1.82, 2.24) is 0 Å². The molecule has 0 radical (unpaired) electrons. The van der Waals surface area contributed by atoms with Gasteiger partial charge in [0.05, 0.1) is 7.11 Å². The van der Waals surface area contributed by atoms with E-state index in [4.69, 9.17) is 18.9 Å². The monoisotopic (exact) mass is 490 g/mol. The first-order valence-electron chi connectivity index (χ1n) is 10.6. The molecular formula is C28H23FO7. The van der Waals surface area contributed by atoms with Gasteiger partial charge in [-0.05, 0) is 60.9 Å². The Balaban J connectivity index is 2.01. The van der Waals surface area contributed by atoms with Gasteiger partial charge in [-0.2, -0.15) is 0 Å². The predicted molar refractivity (Wildman–Crippen MR) is 131 cm³/mol. The van der Waals surface area contributed by atoms with Crippen LogP contribution in [-0.2, 0) is 14.4 Å². The number of ether oxygens (including phenoxy) is 4. The zero-order chi connectivity index (χ0) is 26.4. The number of methoxy groups -OCH3 is 1. The van der Waals surface area contributed by atoms with E-state index in [0.717, 1.165) is 0 Å². The molecule has 0 unspecified atom stereocenters. The van der Waals surface area contributed by atoms with Crippen LogP contribution in [0.25, 0.3) is 22.3 Å². The minimum absolute atomic E-state index is 0.0284. The number of hydrogen-bond acceptors (Lipinski definition) is 7. The number of halogens is 1. The Kier molecular flexibility index (Phi) is 8.01. The van der Waals surface area contributed by atoms with Crippen LogP contribution >= 0.6 is 0 Å². The van der Waals surface area contributed by atoms with Crippen molar-refractivity contribution in [2.45, 2.75) is 13.8 Å². The number of esters is 2. The van der Waals surface area contributed by atoms with Gasteiger partial charge in [0.2, 0.25) is 0 Å². The fourth-order valence-electron chi connectivity index (χ4n) is 3.14. The summed E-state index contributed by atoms with van der Waals surface area (Å²) in [5.41, 5.74) is 1.98. The van der Waals surface area contributed by atoms with Crippen molar-refractivity contribution < 1.29 is 37.7 Å². The molecular weight excluding hydrogens is 467 g/mol. The van der Waals surface area contributed by atoms with Gasteiger partial charge in [-0.15, -0.1) is 0 Å². The SMILES string of the molecule is C=C(C)C(=O)Oc1ccc(-c2ccc(-c3ccc(OC)c(OC=O)c3)cc2F)cc1OC(=O)C(=C)C.